The molecule has 1 atom stereocenters. The molecule has 18 heavy (non-hydrogen) atoms. The molecule has 0 heterocycles. The van der Waals surface area contributed by atoms with Crippen molar-refractivity contribution in [3.05, 3.63) is 34.9 Å². The normalized spacial score (nSPS) is 12.1. The first kappa shape index (κ1) is 14.1. The second kappa shape index (κ2) is 5.11. The highest BCUT2D eigenvalue weighted by atomic mass is 19.2. The molecule has 0 aromatic heterocycles. The van der Waals surface area contributed by atoms with Crippen molar-refractivity contribution in [1.29, 1.82) is 0 Å². The molecule has 3 nitrogen and oxygen atoms in total. The highest BCUT2D eigenvalue weighted by molar-refractivity contribution is 6.11. The van der Waals surface area contributed by atoms with Gasteiger partial charge in [-0.3, -0.25) is 4.79 Å². The Morgan fingerprint density at radius 2 is 1.67 bits per heavy atom. The molecule has 0 amide bonds. The summed E-state index contributed by atoms with van der Waals surface area (Å²) in [7, 11) is 0.754. The first-order chi connectivity index (χ1) is 8.31. The van der Waals surface area contributed by atoms with E-state index in [1.165, 1.54) is 0 Å². The molecule has 1 aromatic carbocycles. The molecule has 8 heteroatoms. The van der Waals surface area contributed by atoms with Gasteiger partial charge in [0, 0.05) is 0 Å². The van der Waals surface area contributed by atoms with Crippen LogP contribution in [0.25, 0.3) is 0 Å². The van der Waals surface area contributed by atoms with Crippen molar-refractivity contribution in [3.63, 3.8) is 0 Å². The minimum Gasteiger partial charge on any atom is -0.467 e. The fourth-order valence-corrected chi connectivity index (χ4v) is 1.10. The van der Waals surface area contributed by atoms with Crippen LogP contribution in [0.15, 0.2) is 6.07 Å². The predicted octanol–water partition coefficient (Wildman–Crippen LogP) is 1.94. The second-order valence-electron chi connectivity index (χ2n) is 3.10. The number of hydrogen-bond acceptors (Lipinski definition) is 3. The topological polar surface area (TPSA) is 43.4 Å². The van der Waals surface area contributed by atoms with Crippen molar-refractivity contribution in [1.82, 2.24) is 0 Å². The van der Waals surface area contributed by atoms with E-state index in [1.54, 1.807) is 0 Å². The molecule has 0 bridgehead atoms. The minimum atomic E-state index is -2.95. The number of Topliss-reactive ketones (excluding diaryl/α,β-unsaturated/α-hetero) is 1. The largest absolute Gasteiger partial charge is 0.467 e. The van der Waals surface area contributed by atoms with Gasteiger partial charge in [-0.25, -0.2) is 26.7 Å². The molecular formula is C10H5F5O3. The lowest BCUT2D eigenvalue weighted by atomic mass is 10.1. The van der Waals surface area contributed by atoms with Gasteiger partial charge in [0.25, 0.3) is 6.17 Å². The standard InChI is InChI=1S/C10H5F5O3/c1-18-10(17)8(15)9(16)3-2-4(11)6(13)7(14)5(3)12/h2,8H,1H3. The number of carbonyl (C=O) groups excluding carboxylic acids is 2. The number of ketones is 1. The van der Waals surface area contributed by atoms with Crippen molar-refractivity contribution < 1.29 is 36.3 Å². The van der Waals surface area contributed by atoms with E-state index in [0.717, 1.165) is 7.11 Å². The molecule has 1 aromatic rings. The van der Waals surface area contributed by atoms with Crippen LogP contribution in [0.2, 0.25) is 0 Å². The smallest absolute Gasteiger partial charge is 0.348 e. The van der Waals surface area contributed by atoms with Gasteiger partial charge in [0.05, 0.1) is 12.7 Å². The van der Waals surface area contributed by atoms with Gasteiger partial charge in [-0.2, -0.15) is 0 Å². The maximum atomic E-state index is 13.1. The quantitative estimate of drug-likeness (QED) is 0.210. The van der Waals surface area contributed by atoms with Crippen molar-refractivity contribution in [3.8, 4) is 0 Å². The van der Waals surface area contributed by atoms with Gasteiger partial charge >= 0.3 is 5.97 Å². The number of hydrogen-bond donors (Lipinski definition) is 0. The predicted molar refractivity (Wildman–Crippen MR) is 47.5 cm³/mol. The van der Waals surface area contributed by atoms with Crippen LogP contribution in [0.4, 0.5) is 22.0 Å². The number of halogens is 5. The highest BCUT2D eigenvalue weighted by Crippen LogP contribution is 2.20. The van der Waals surface area contributed by atoms with Crippen LogP contribution in [-0.2, 0) is 9.53 Å². The second-order valence-corrected chi connectivity index (χ2v) is 3.10. The first-order valence-electron chi connectivity index (χ1n) is 4.40. The zero-order valence-electron chi connectivity index (χ0n) is 8.77. The summed E-state index contributed by atoms with van der Waals surface area (Å²) in [5.74, 6) is -11.9. The fraction of sp³-hybridized carbons (Fsp3) is 0.200. The maximum absolute atomic E-state index is 13.1. The molecule has 1 rings (SSSR count). The Labute approximate surface area is 97.2 Å². The molecule has 0 aliphatic heterocycles. The van der Waals surface area contributed by atoms with E-state index in [2.05, 4.69) is 4.74 Å². The van der Waals surface area contributed by atoms with Crippen molar-refractivity contribution in [2.45, 2.75) is 6.17 Å². The van der Waals surface area contributed by atoms with E-state index in [9.17, 15) is 31.5 Å². The minimum absolute atomic E-state index is 0.0361. The van der Waals surface area contributed by atoms with Gasteiger partial charge in [0.1, 0.15) is 0 Å². The van der Waals surface area contributed by atoms with Gasteiger partial charge in [-0.05, 0) is 6.07 Å². The summed E-state index contributed by atoms with van der Waals surface area (Å²) >= 11 is 0. The lowest BCUT2D eigenvalue weighted by molar-refractivity contribution is -0.144. The van der Waals surface area contributed by atoms with Crippen molar-refractivity contribution in [2.75, 3.05) is 7.11 Å². The summed E-state index contributed by atoms with van der Waals surface area (Å²) in [4.78, 5) is 21.9. The van der Waals surface area contributed by atoms with Crippen LogP contribution in [0.5, 0.6) is 0 Å². The van der Waals surface area contributed by atoms with Gasteiger partial charge in [0.2, 0.25) is 5.78 Å². The number of esters is 1. The van der Waals surface area contributed by atoms with E-state index in [0.29, 0.717) is 0 Å². The van der Waals surface area contributed by atoms with Crippen LogP contribution >= 0.6 is 0 Å². The summed E-state index contributed by atoms with van der Waals surface area (Å²) in [5.41, 5.74) is -1.41. The molecule has 0 saturated heterocycles. The Bertz CT molecular complexity index is 515. The maximum Gasteiger partial charge on any atom is 0.348 e. The summed E-state index contributed by atoms with van der Waals surface area (Å²) in [6.45, 7) is 0. The molecule has 0 aliphatic carbocycles. The molecule has 0 saturated carbocycles. The van der Waals surface area contributed by atoms with E-state index in [4.69, 9.17) is 0 Å². The average Bonchev–Trinajstić information content (AvgIpc) is 2.37. The Balaban J connectivity index is 3.27. The fourth-order valence-electron chi connectivity index (χ4n) is 1.10. The van der Waals surface area contributed by atoms with Crippen molar-refractivity contribution in [2.24, 2.45) is 0 Å². The summed E-state index contributed by atoms with van der Waals surface area (Å²) in [6.07, 6.45) is -2.95. The van der Waals surface area contributed by atoms with Crippen LogP contribution < -0.4 is 0 Å². The number of benzene rings is 1. The van der Waals surface area contributed by atoms with E-state index >= 15 is 0 Å². The SMILES string of the molecule is COC(=O)C(F)C(=O)c1cc(F)c(F)c(F)c1F. The zero-order chi connectivity index (χ0) is 14.0. The number of alkyl halides is 1. The summed E-state index contributed by atoms with van der Waals surface area (Å²) in [5, 5.41) is 0. The van der Waals surface area contributed by atoms with Gasteiger partial charge in [-0.1, -0.05) is 0 Å². The van der Waals surface area contributed by atoms with Gasteiger partial charge < -0.3 is 4.74 Å². The van der Waals surface area contributed by atoms with E-state index in [1.807, 2.05) is 0 Å². The van der Waals surface area contributed by atoms with Crippen LogP contribution in [0, 0.1) is 23.3 Å². The number of ether oxygens (including phenoxy) is 1. The average molecular weight is 268 g/mol. The van der Waals surface area contributed by atoms with Crippen molar-refractivity contribution >= 4 is 11.8 Å². The zero-order valence-corrected chi connectivity index (χ0v) is 8.77. The Hall–Kier alpha value is -1.99. The molecule has 0 N–H and O–H groups in total. The number of methoxy groups -OCH3 is 1. The van der Waals surface area contributed by atoms with Gasteiger partial charge in [0.15, 0.2) is 23.3 Å². The summed E-state index contributed by atoms with van der Waals surface area (Å²) < 4.78 is 68.2. The Morgan fingerprint density at radius 1 is 1.11 bits per heavy atom. The highest BCUT2D eigenvalue weighted by Gasteiger charge is 2.32. The van der Waals surface area contributed by atoms with Crippen LogP contribution in [0.1, 0.15) is 10.4 Å². The lowest BCUT2D eigenvalue weighted by Crippen LogP contribution is -2.28. The molecule has 0 fully saturated rings. The lowest BCUT2D eigenvalue weighted by Gasteiger charge is -2.07. The van der Waals surface area contributed by atoms with Crippen LogP contribution in [-0.4, -0.2) is 25.0 Å². The van der Waals surface area contributed by atoms with E-state index in [-0.39, 0.29) is 6.07 Å². The third-order valence-electron chi connectivity index (χ3n) is 2.01. The molecular weight excluding hydrogens is 263 g/mol. The first-order valence-corrected chi connectivity index (χ1v) is 4.40. The third-order valence-corrected chi connectivity index (χ3v) is 2.01. The molecule has 0 aliphatic rings. The summed E-state index contributed by atoms with van der Waals surface area (Å²) in [6, 6.07) is -0.0361. The monoisotopic (exact) mass is 268 g/mol. The van der Waals surface area contributed by atoms with E-state index < -0.39 is 46.8 Å². The Kier molecular flexibility index (Phi) is 4.00. The molecule has 0 radical (unpaired) electrons. The van der Waals surface area contributed by atoms with Gasteiger partial charge in [-0.15, -0.1) is 0 Å². The third kappa shape index (κ3) is 2.31. The molecule has 1 unspecified atom stereocenters. The number of rotatable bonds is 3. The number of carbonyl (C=O) groups is 2. The molecule has 0 spiro atoms. The Morgan fingerprint density at radius 3 is 2.17 bits per heavy atom. The molecule has 98 valence electrons. The van der Waals surface area contributed by atoms with Crippen LogP contribution in [0.3, 0.4) is 0 Å².